The van der Waals surface area contributed by atoms with Crippen LogP contribution in [-0.4, -0.2) is 54.3 Å². The van der Waals surface area contributed by atoms with Crippen LogP contribution in [0.3, 0.4) is 0 Å². The van der Waals surface area contributed by atoms with Crippen molar-refractivity contribution < 1.29 is 14.2 Å². The van der Waals surface area contributed by atoms with E-state index in [-0.39, 0.29) is 12.2 Å². The number of aromatic nitrogens is 3. The molecule has 0 spiro atoms. The van der Waals surface area contributed by atoms with Gasteiger partial charge >= 0.3 is 0 Å². The van der Waals surface area contributed by atoms with E-state index in [2.05, 4.69) is 53.8 Å². The zero-order valence-electron chi connectivity index (χ0n) is 15.8. The number of rotatable bonds is 5. The van der Waals surface area contributed by atoms with Crippen molar-refractivity contribution in [1.82, 2.24) is 14.8 Å². The minimum Gasteiger partial charge on any atom is -0.376 e. The predicted octanol–water partition coefficient (Wildman–Crippen LogP) is 3.12. The lowest BCUT2D eigenvalue weighted by Crippen LogP contribution is -2.40. The van der Waals surface area contributed by atoms with Gasteiger partial charge in [-0.15, -0.1) is 10.2 Å². The molecule has 1 saturated carbocycles. The summed E-state index contributed by atoms with van der Waals surface area (Å²) in [6, 6.07) is 8.26. The molecule has 3 fully saturated rings. The molecular formula is C20H25BrN4O3. The standard InChI is InChI=1S/C20H25BrN4O3/c21-16-4-2-1-3-15(16)17-12-24(7-8-27-17)20-23-22-19(18-13-26-9-10-28-18)25(20)11-14-5-6-14/h1-4,14,17-18H,5-13H2. The van der Waals surface area contributed by atoms with E-state index in [0.717, 1.165) is 41.8 Å². The third kappa shape index (κ3) is 3.83. The van der Waals surface area contributed by atoms with Crippen molar-refractivity contribution in [3.8, 4) is 0 Å². The maximum absolute atomic E-state index is 6.08. The number of nitrogens with zero attached hydrogens (tertiary/aromatic N) is 4. The molecule has 3 heterocycles. The molecule has 2 atom stereocenters. The highest BCUT2D eigenvalue weighted by molar-refractivity contribution is 9.10. The molecule has 1 aliphatic carbocycles. The van der Waals surface area contributed by atoms with E-state index in [0.29, 0.717) is 26.4 Å². The van der Waals surface area contributed by atoms with E-state index in [4.69, 9.17) is 14.2 Å². The summed E-state index contributed by atoms with van der Waals surface area (Å²) in [6.45, 7) is 5.00. The molecular weight excluding hydrogens is 424 g/mol. The number of hydrogen-bond donors (Lipinski definition) is 0. The molecule has 2 unspecified atom stereocenters. The van der Waals surface area contributed by atoms with E-state index < -0.39 is 0 Å². The van der Waals surface area contributed by atoms with E-state index in [9.17, 15) is 0 Å². The lowest BCUT2D eigenvalue weighted by Gasteiger charge is -2.34. The predicted molar refractivity (Wildman–Crippen MR) is 107 cm³/mol. The Labute approximate surface area is 173 Å². The number of halogens is 1. The fourth-order valence-corrected chi connectivity index (χ4v) is 4.44. The summed E-state index contributed by atoms with van der Waals surface area (Å²) >= 11 is 3.66. The highest BCUT2D eigenvalue weighted by atomic mass is 79.9. The van der Waals surface area contributed by atoms with E-state index in [1.165, 1.54) is 18.4 Å². The van der Waals surface area contributed by atoms with Crippen LogP contribution in [0.2, 0.25) is 0 Å². The van der Waals surface area contributed by atoms with Gasteiger partial charge in [-0.2, -0.15) is 0 Å². The van der Waals surface area contributed by atoms with Gasteiger partial charge in [-0.25, -0.2) is 0 Å². The average molecular weight is 449 g/mol. The molecule has 2 aliphatic heterocycles. The summed E-state index contributed by atoms with van der Waals surface area (Å²) in [5, 5.41) is 9.11. The van der Waals surface area contributed by atoms with Crippen LogP contribution in [0.5, 0.6) is 0 Å². The Morgan fingerprint density at radius 1 is 1.04 bits per heavy atom. The van der Waals surface area contributed by atoms with Crippen molar-refractivity contribution in [3.63, 3.8) is 0 Å². The van der Waals surface area contributed by atoms with Crippen molar-refractivity contribution in [2.45, 2.75) is 31.6 Å². The lowest BCUT2D eigenvalue weighted by atomic mass is 10.1. The Morgan fingerprint density at radius 3 is 2.68 bits per heavy atom. The fraction of sp³-hybridized carbons (Fsp3) is 0.600. The summed E-state index contributed by atoms with van der Waals surface area (Å²) in [7, 11) is 0. The van der Waals surface area contributed by atoms with Crippen LogP contribution in [-0.2, 0) is 20.8 Å². The normalized spacial score (nSPS) is 25.8. The summed E-state index contributed by atoms with van der Waals surface area (Å²) in [6.07, 6.45) is 2.44. The van der Waals surface area contributed by atoms with Gasteiger partial charge in [0.25, 0.3) is 0 Å². The van der Waals surface area contributed by atoms with Crippen LogP contribution in [0.25, 0.3) is 0 Å². The van der Waals surface area contributed by atoms with Gasteiger partial charge in [-0.1, -0.05) is 34.1 Å². The molecule has 0 bridgehead atoms. The second-order valence-corrected chi connectivity index (χ2v) is 8.53. The topological polar surface area (TPSA) is 61.6 Å². The molecule has 5 rings (SSSR count). The smallest absolute Gasteiger partial charge is 0.227 e. The Kier molecular flexibility index (Phi) is 5.36. The minimum atomic E-state index is -0.131. The minimum absolute atomic E-state index is 0.00751. The first kappa shape index (κ1) is 18.5. The molecule has 1 aromatic carbocycles. The Hall–Kier alpha value is -1.48. The maximum Gasteiger partial charge on any atom is 0.227 e. The van der Waals surface area contributed by atoms with Crippen molar-refractivity contribution in [1.29, 1.82) is 0 Å². The van der Waals surface area contributed by atoms with Crippen LogP contribution in [0.1, 0.15) is 36.4 Å². The monoisotopic (exact) mass is 448 g/mol. The molecule has 8 heteroatoms. The van der Waals surface area contributed by atoms with Crippen molar-refractivity contribution in [2.75, 3.05) is 44.4 Å². The average Bonchev–Trinajstić information content (AvgIpc) is 3.46. The van der Waals surface area contributed by atoms with Crippen LogP contribution >= 0.6 is 15.9 Å². The third-order valence-corrected chi connectivity index (χ3v) is 6.33. The van der Waals surface area contributed by atoms with E-state index in [1.54, 1.807) is 0 Å². The first-order valence-corrected chi connectivity index (χ1v) is 10.8. The number of anilines is 1. The molecule has 150 valence electrons. The molecule has 2 saturated heterocycles. The zero-order valence-corrected chi connectivity index (χ0v) is 17.4. The maximum atomic E-state index is 6.08. The van der Waals surface area contributed by atoms with Gasteiger partial charge in [0.1, 0.15) is 12.2 Å². The van der Waals surface area contributed by atoms with Gasteiger partial charge < -0.3 is 19.1 Å². The molecule has 3 aliphatic rings. The molecule has 2 aromatic rings. The van der Waals surface area contributed by atoms with Gasteiger partial charge in [0.05, 0.1) is 33.0 Å². The van der Waals surface area contributed by atoms with Crippen molar-refractivity contribution in [2.24, 2.45) is 5.92 Å². The second-order valence-electron chi connectivity index (χ2n) is 7.67. The molecule has 28 heavy (non-hydrogen) atoms. The molecule has 0 N–H and O–H groups in total. The molecule has 1 aromatic heterocycles. The SMILES string of the molecule is Brc1ccccc1C1CN(c2nnc(C3COCCO3)n2CC2CC2)CCO1. The molecule has 7 nitrogen and oxygen atoms in total. The Balaban J connectivity index is 1.41. The number of ether oxygens (including phenoxy) is 3. The lowest BCUT2D eigenvalue weighted by molar-refractivity contribution is -0.0948. The zero-order chi connectivity index (χ0) is 18.9. The largest absolute Gasteiger partial charge is 0.376 e. The van der Waals surface area contributed by atoms with Gasteiger partial charge in [0.2, 0.25) is 5.95 Å². The van der Waals surface area contributed by atoms with Crippen LogP contribution in [0.15, 0.2) is 28.7 Å². The summed E-state index contributed by atoms with van der Waals surface area (Å²) < 4.78 is 20.9. The highest BCUT2D eigenvalue weighted by Gasteiger charge is 2.33. The quantitative estimate of drug-likeness (QED) is 0.699. The fourth-order valence-electron chi connectivity index (χ4n) is 3.90. The van der Waals surface area contributed by atoms with Crippen LogP contribution < -0.4 is 4.90 Å². The first-order valence-electron chi connectivity index (χ1n) is 10.0. The van der Waals surface area contributed by atoms with Gasteiger partial charge in [-0.3, -0.25) is 4.57 Å². The third-order valence-electron chi connectivity index (χ3n) is 5.60. The Bertz CT molecular complexity index is 820. The van der Waals surface area contributed by atoms with Gasteiger partial charge in [0.15, 0.2) is 5.82 Å². The summed E-state index contributed by atoms with van der Waals surface area (Å²) in [5.74, 6) is 2.54. The van der Waals surface area contributed by atoms with Crippen LogP contribution in [0, 0.1) is 5.92 Å². The number of morpholine rings is 1. The highest BCUT2D eigenvalue weighted by Crippen LogP contribution is 2.35. The second kappa shape index (κ2) is 8.10. The van der Waals surface area contributed by atoms with E-state index >= 15 is 0 Å². The number of benzene rings is 1. The van der Waals surface area contributed by atoms with Gasteiger partial charge in [-0.05, 0) is 30.4 Å². The van der Waals surface area contributed by atoms with Crippen molar-refractivity contribution >= 4 is 21.9 Å². The summed E-state index contributed by atoms with van der Waals surface area (Å²) in [4.78, 5) is 2.30. The Morgan fingerprint density at radius 2 is 1.89 bits per heavy atom. The molecule has 0 amide bonds. The summed E-state index contributed by atoms with van der Waals surface area (Å²) in [5.41, 5.74) is 1.17. The number of hydrogen-bond acceptors (Lipinski definition) is 6. The van der Waals surface area contributed by atoms with Crippen LogP contribution in [0.4, 0.5) is 5.95 Å². The van der Waals surface area contributed by atoms with Gasteiger partial charge in [0, 0.05) is 17.6 Å². The van der Waals surface area contributed by atoms with Crippen molar-refractivity contribution in [3.05, 3.63) is 40.1 Å². The molecule has 0 radical (unpaired) electrons. The first-order chi connectivity index (χ1) is 13.8. The van der Waals surface area contributed by atoms with E-state index in [1.807, 2.05) is 6.07 Å².